The van der Waals surface area contributed by atoms with Crippen LogP contribution >= 0.6 is 0 Å². The fraction of sp³-hybridized carbons (Fsp3) is 0.779. The van der Waals surface area contributed by atoms with Crippen LogP contribution in [0.1, 0.15) is 367 Å². The lowest BCUT2D eigenvalue weighted by atomic mass is 10.0. The molecule has 6 heteroatoms. The number of allylic oxidation sites excluding steroid dienone is 14. The second-order valence-electron chi connectivity index (χ2n) is 24.1. The largest absolute Gasteiger partial charge is 0.462 e. The summed E-state index contributed by atoms with van der Waals surface area (Å²) in [5, 5.41) is 0. The van der Waals surface area contributed by atoms with Gasteiger partial charge in [-0.2, -0.15) is 0 Å². The summed E-state index contributed by atoms with van der Waals surface area (Å²) in [6.07, 6.45) is 95.0. The van der Waals surface area contributed by atoms with Crippen molar-refractivity contribution in [2.24, 2.45) is 0 Å². The molecular weight excluding hydrogens is 1020 g/mol. The van der Waals surface area contributed by atoms with Crippen LogP contribution in [0.4, 0.5) is 0 Å². The summed E-state index contributed by atoms with van der Waals surface area (Å²) >= 11 is 0. The number of carbonyl (C=O) groups is 3. The SMILES string of the molecule is CC/C=C\C/C=C\C/C=C\C/C=C\CCCCCCCCC(=O)OC(COC(=O)CCCCCCC/C=C\CCCC)COC(=O)CCCCCCCCCCCCCCCCCCCCCCCCC/C=C\C/C=C\CCCCCCC. The molecule has 0 aliphatic rings. The average molecular weight is 1160 g/mol. The maximum absolute atomic E-state index is 12.9. The third kappa shape index (κ3) is 69.3. The molecule has 0 N–H and O–H groups in total. The van der Waals surface area contributed by atoms with Gasteiger partial charge in [0.25, 0.3) is 0 Å². The molecule has 480 valence electrons. The highest BCUT2D eigenvalue weighted by Crippen LogP contribution is 2.18. The number of rotatable bonds is 66. The Morgan fingerprint density at radius 3 is 0.783 bits per heavy atom. The van der Waals surface area contributed by atoms with Crippen molar-refractivity contribution in [3.63, 3.8) is 0 Å². The first-order chi connectivity index (χ1) is 41.0. The molecule has 0 aromatic carbocycles. The van der Waals surface area contributed by atoms with Crippen molar-refractivity contribution in [2.45, 2.75) is 374 Å². The second-order valence-corrected chi connectivity index (χ2v) is 24.1. The normalized spacial score (nSPS) is 12.6. The van der Waals surface area contributed by atoms with Gasteiger partial charge in [0.05, 0.1) is 0 Å². The molecular formula is C77H136O6. The summed E-state index contributed by atoms with van der Waals surface area (Å²) in [4.78, 5) is 38.3. The van der Waals surface area contributed by atoms with Crippen LogP contribution in [0.2, 0.25) is 0 Å². The van der Waals surface area contributed by atoms with Gasteiger partial charge < -0.3 is 14.2 Å². The van der Waals surface area contributed by atoms with Crippen LogP contribution in [0.3, 0.4) is 0 Å². The highest BCUT2D eigenvalue weighted by Gasteiger charge is 2.19. The maximum atomic E-state index is 12.9. The molecule has 0 aliphatic heterocycles. The lowest BCUT2D eigenvalue weighted by Gasteiger charge is -2.18. The van der Waals surface area contributed by atoms with Gasteiger partial charge in [0, 0.05) is 19.3 Å². The standard InChI is InChI=1S/C77H136O6/c1-4-7-10-13-16-19-22-24-26-28-30-31-32-33-34-35-36-37-38-39-40-41-42-43-44-45-47-48-50-52-55-58-61-64-67-70-76(79)82-73-74(72-81-75(78)69-66-63-60-57-54-21-18-15-12-9-6-3)83-77(80)71-68-65-62-59-56-53-51-49-46-29-27-25-23-20-17-14-11-8-5-2/h8,11,15,17-18,20,22,24-25,27-28,30,46,49,74H,4-7,9-10,12-14,16,19,21,23,26,29,31-45,47-48,50-73H2,1-3H3/b11-8-,18-15-,20-17-,24-22-,27-25-,30-28-,49-46-. The second kappa shape index (κ2) is 71.1. The van der Waals surface area contributed by atoms with Gasteiger partial charge in [-0.25, -0.2) is 0 Å². The Morgan fingerprint density at radius 1 is 0.253 bits per heavy atom. The Labute approximate surface area is 515 Å². The molecule has 0 rings (SSSR count). The highest BCUT2D eigenvalue weighted by atomic mass is 16.6. The van der Waals surface area contributed by atoms with Crippen molar-refractivity contribution in [2.75, 3.05) is 13.2 Å². The van der Waals surface area contributed by atoms with Crippen molar-refractivity contribution in [3.05, 3.63) is 85.1 Å². The molecule has 0 saturated heterocycles. The lowest BCUT2D eigenvalue weighted by molar-refractivity contribution is -0.167. The van der Waals surface area contributed by atoms with Gasteiger partial charge in [-0.05, 0) is 109 Å². The van der Waals surface area contributed by atoms with Gasteiger partial charge in [-0.3, -0.25) is 14.4 Å². The summed E-state index contributed by atoms with van der Waals surface area (Å²) in [7, 11) is 0. The fourth-order valence-corrected chi connectivity index (χ4v) is 10.4. The molecule has 0 saturated carbocycles. The zero-order valence-electron chi connectivity index (χ0n) is 55.2. The molecule has 0 bridgehead atoms. The predicted molar refractivity (Wildman–Crippen MR) is 362 cm³/mol. The molecule has 0 aromatic rings. The molecule has 0 amide bonds. The first kappa shape index (κ1) is 79.6. The maximum Gasteiger partial charge on any atom is 0.306 e. The molecule has 0 radical (unpaired) electrons. The van der Waals surface area contributed by atoms with Crippen molar-refractivity contribution >= 4 is 17.9 Å². The van der Waals surface area contributed by atoms with E-state index in [2.05, 4.69) is 106 Å². The van der Waals surface area contributed by atoms with Crippen LogP contribution in [0.15, 0.2) is 85.1 Å². The van der Waals surface area contributed by atoms with Crippen LogP contribution < -0.4 is 0 Å². The first-order valence-electron chi connectivity index (χ1n) is 36.1. The van der Waals surface area contributed by atoms with Crippen LogP contribution in [-0.2, 0) is 28.6 Å². The molecule has 1 atom stereocenters. The molecule has 0 aromatic heterocycles. The topological polar surface area (TPSA) is 78.9 Å². The zero-order valence-corrected chi connectivity index (χ0v) is 55.2. The van der Waals surface area contributed by atoms with E-state index >= 15 is 0 Å². The summed E-state index contributed by atoms with van der Waals surface area (Å²) in [6.45, 7) is 6.50. The highest BCUT2D eigenvalue weighted by molar-refractivity contribution is 5.71. The monoisotopic (exact) mass is 1160 g/mol. The van der Waals surface area contributed by atoms with Crippen LogP contribution in [0.5, 0.6) is 0 Å². The zero-order chi connectivity index (χ0) is 59.9. The van der Waals surface area contributed by atoms with E-state index in [0.717, 1.165) is 109 Å². The molecule has 0 heterocycles. The number of carbonyl (C=O) groups excluding carboxylic acids is 3. The molecule has 6 nitrogen and oxygen atoms in total. The van der Waals surface area contributed by atoms with E-state index in [1.165, 1.54) is 218 Å². The van der Waals surface area contributed by atoms with Gasteiger partial charge in [-0.15, -0.1) is 0 Å². The van der Waals surface area contributed by atoms with Crippen LogP contribution in [0, 0.1) is 0 Å². The smallest absolute Gasteiger partial charge is 0.306 e. The average Bonchev–Trinajstić information content (AvgIpc) is 3.48. The molecule has 0 aliphatic carbocycles. The lowest BCUT2D eigenvalue weighted by Crippen LogP contribution is -2.30. The van der Waals surface area contributed by atoms with E-state index in [-0.39, 0.29) is 31.1 Å². The number of ether oxygens (including phenoxy) is 3. The Bertz CT molecular complexity index is 1570. The number of hydrogen-bond acceptors (Lipinski definition) is 6. The minimum absolute atomic E-state index is 0.0818. The summed E-state index contributed by atoms with van der Waals surface area (Å²) in [5.41, 5.74) is 0. The predicted octanol–water partition coefficient (Wildman–Crippen LogP) is 25.0. The molecule has 83 heavy (non-hydrogen) atoms. The van der Waals surface area contributed by atoms with Gasteiger partial charge in [-0.1, -0.05) is 324 Å². The van der Waals surface area contributed by atoms with Gasteiger partial charge in [0.15, 0.2) is 6.10 Å². The summed E-state index contributed by atoms with van der Waals surface area (Å²) in [5.74, 6) is -0.890. The van der Waals surface area contributed by atoms with E-state index in [9.17, 15) is 14.4 Å². The van der Waals surface area contributed by atoms with Crippen LogP contribution in [-0.4, -0.2) is 37.2 Å². The number of esters is 3. The third-order valence-electron chi connectivity index (χ3n) is 15.9. The Hall–Kier alpha value is -3.41. The van der Waals surface area contributed by atoms with E-state index in [1.54, 1.807) is 0 Å². The van der Waals surface area contributed by atoms with Crippen molar-refractivity contribution in [1.82, 2.24) is 0 Å². The Balaban J connectivity index is 4.09. The van der Waals surface area contributed by atoms with E-state index in [0.29, 0.717) is 19.3 Å². The third-order valence-corrected chi connectivity index (χ3v) is 15.9. The van der Waals surface area contributed by atoms with Gasteiger partial charge >= 0.3 is 17.9 Å². The minimum atomic E-state index is -0.787. The number of unbranched alkanes of at least 4 members (excludes halogenated alkanes) is 41. The molecule has 1 unspecified atom stereocenters. The van der Waals surface area contributed by atoms with Gasteiger partial charge in [0.2, 0.25) is 0 Å². The van der Waals surface area contributed by atoms with Crippen molar-refractivity contribution in [1.29, 1.82) is 0 Å². The number of hydrogen-bond donors (Lipinski definition) is 0. The Kier molecular flexibility index (Phi) is 68.2. The summed E-state index contributed by atoms with van der Waals surface area (Å²) < 4.78 is 16.9. The van der Waals surface area contributed by atoms with Crippen LogP contribution in [0.25, 0.3) is 0 Å². The quantitative estimate of drug-likeness (QED) is 0.0261. The van der Waals surface area contributed by atoms with E-state index in [1.807, 2.05) is 0 Å². The van der Waals surface area contributed by atoms with E-state index in [4.69, 9.17) is 14.2 Å². The van der Waals surface area contributed by atoms with E-state index < -0.39 is 6.10 Å². The molecule has 0 spiro atoms. The van der Waals surface area contributed by atoms with Gasteiger partial charge in [0.1, 0.15) is 13.2 Å². The minimum Gasteiger partial charge on any atom is -0.462 e. The Morgan fingerprint density at radius 2 is 0.482 bits per heavy atom. The summed E-state index contributed by atoms with van der Waals surface area (Å²) in [6, 6.07) is 0. The molecule has 0 fully saturated rings. The fourth-order valence-electron chi connectivity index (χ4n) is 10.4. The van der Waals surface area contributed by atoms with Crippen molar-refractivity contribution in [3.8, 4) is 0 Å². The van der Waals surface area contributed by atoms with Crippen molar-refractivity contribution < 1.29 is 28.6 Å². The first-order valence-corrected chi connectivity index (χ1v) is 36.1.